The standard InChI is InChI=1S/C29H38N4O/c1-21(2)16-28(29(34)32-20-30)26-7-5-6-25(17-26)24-12-8-22(9-13-24)18-31-19-23-10-14-27(15-11-23)33(3)4/h5-15,17,21,28,31H,16,18-20,30H2,1-4H3,(H,32,34)/t28-/m1/s1. The van der Waals surface area contributed by atoms with Crippen LogP contribution < -0.4 is 21.3 Å². The van der Waals surface area contributed by atoms with Crippen LogP contribution in [0, 0.1) is 5.92 Å². The third-order valence-electron chi connectivity index (χ3n) is 5.99. The minimum Gasteiger partial charge on any atom is -0.378 e. The van der Waals surface area contributed by atoms with Gasteiger partial charge in [-0.1, -0.05) is 74.5 Å². The maximum atomic E-state index is 12.6. The summed E-state index contributed by atoms with van der Waals surface area (Å²) in [4.78, 5) is 14.7. The molecule has 0 aromatic heterocycles. The molecule has 34 heavy (non-hydrogen) atoms. The van der Waals surface area contributed by atoms with Gasteiger partial charge in [0.25, 0.3) is 0 Å². The number of hydrogen-bond acceptors (Lipinski definition) is 4. The molecule has 4 N–H and O–H groups in total. The monoisotopic (exact) mass is 458 g/mol. The minimum atomic E-state index is -0.196. The van der Waals surface area contributed by atoms with Crippen LogP contribution in [0.2, 0.25) is 0 Å². The molecule has 0 spiro atoms. The van der Waals surface area contributed by atoms with Crippen molar-refractivity contribution in [3.63, 3.8) is 0 Å². The topological polar surface area (TPSA) is 70.4 Å². The molecule has 5 nitrogen and oxygen atoms in total. The highest BCUT2D eigenvalue weighted by Crippen LogP contribution is 2.28. The van der Waals surface area contributed by atoms with E-state index in [9.17, 15) is 4.79 Å². The molecule has 0 radical (unpaired) electrons. The predicted molar refractivity (Wildman–Crippen MR) is 143 cm³/mol. The smallest absolute Gasteiger partial charge is 0.228 e. The van der Waals surface area contributed by atoms with Crippen molar-refractivity contribution in [3.05, 3.63) is 89.5 Å². The van der Waals surface area contributed by atoms with Crippen molar-refractivity contribution in [2.24, 2.45) is 11.7 Å². The van der Waals surface area contributed by atoms with E-state index in [1.54, 1.807) is 0 Å². The Morgan fingerprint density at radius 2 is 1.50 bits per heavy atom. The van der Waals surface area contributed by atoms with E-state index in [0.29, 0.717) is 5.92 Å². The molecule has 0 aliphatic heterocycles. The van der Waals surface area contributed by atoms with E-state index in [1.807, 2.05) is 12.1 Å². The summed E-state index contributed by atoms with van der Waals surface area (Å²) in [6.07, 6.45) is 0.789. The maximum Gasteiger partial charge on any atom is 0.228 e. The summed E-state index contributed by atoms with van der Waals surface area (Å²) in [5.74, 6) is 0.208. The quantitative estimate of drug-likeness (QED) is 0.359. The van der Waals surface area contributed by atoms with Crippen LogP contribution in [-0.4, -0.2) is 26.7 Å². The lowest BCUT2D eigenvalue weighted by atomic mass is 9.88. The molecular formula is C29H38N4O. The molecular weight excluding hydrogens is 420 g/mol. The van der Waals surface area contributed by atoms with Gasteiger partial charge < -0.3 is 21.3 Å². The van der Waals surface area contributed by atoms with Gasteiger partial charge in [-0.3, -0.25) is 4.79 Å². The van der Waals surface area contributed by atoms with Crippen LogP contribution in [0.3, 0.4) is 0 Å². The fourth-order valence-corrected chi connectivity index (χ4v) is 4.10. The van der Waals surface area contributed by atoms with Gasteiger partial charge in [0.15, 0.2) is 0 Å². The number of anilines is 1. The Bertz CT molecular complexity index is 1040. The van der Waals surface area contributed by atoms with Gasteiger partial charge in [0, 0.05) is 32.9 Å². The fraction of sp³-hybridized carbons (Fsp3) is 0.345. The molecule has 1 atom stereocenters. The zero-order valence-corrected chi connectivity index (χ0v) is 20.8. The molecule has 1 amide bonds. The lowest BCUT2D eigenvalue weighted by Gasteiger charge is -2.19. The minimum absolute atomic E-state index is 0.00822. The van der Waals surface area contributed by atoms with Crippen LogP contribution in [0.4, 0.5) is 5.69 Å². The molecule has 3 rings (SSSR count). The highest BCUT2D eigenvalue weighted by molar-refractivity contribution is 5.84. The van der Waals surface area contributed by atoms with Gasteiger partial charge in [-0.25, -0.2) is 0 Å². The normalized spacial score (nSPS) is 11.9. The lowest BCUT2D eigenvalue weighted by molar-refractivity contribution is -0.122. The van der Waals surface area contributed by atoms with Gasteiger partial charge in [0.05, 0.1) is 12.6 Å². The van der Waals surface area contributed by atoms with Gasteiger partial charge in [0.2, 0.25) is 5.91 Å². The Morgan fingerprint density at radius 1 is 0.882 bits per heavy atom. The van der Waals surface area contributed by atoms with Gasteiger partial charge in [-0.2, -0.15) is 0 Å². The highest BCUT2D eigenvalue weighted by Gasteiger charge is 2.21. The maximum absolute atomic E-state index is 12.6. The zero-order chi connectivity index (χ0) is 24.5. The fourth-order valence-electron chi connectivity index (χ4n) is 4.10. The summed E-state index contributed by atoms with van der Waals surface area (Å²) < 4.78 is 0. The lowest BCUT2D eigenvalue weighted by Crippen LogP contribution is -2.34. The van der Waals surface area contributed by atoms with Crippen molar-refractivity contribution in [3.8, 4) is 11.1 Å². The number of nitrogens with zero attached hydrogens (tertiary/aromatic N) is 1. The van der Waals surface area contributed by atoms with E-state index in [4.69, 9.17) is 5.73 Å². The number of nitrogens with two attached hydrogens (primary N) is 1. The average Bonchev–Trinajstić information content (AvgIpc) is 2.83. The van der Waals surface area contributed by atoms with Gasteiger partial charge in [0.1, 0.15) is 0 Å². The number of amides is 1. The number of hydrogen-bond donors (Lipinski definition) is 3. The summed E-state index contributed by atoms with van der Waals surface area (Å²) in [6, 6.07) is 25.6. The molecule has 3 aromatic carbocycles. The summed E-state index contributed by atoms with van der Waals surface area (Å²) in [5.41, 5.74) is 12.6. The van der Waals surface area contributed by atoms with Crippen LogP contribution in [0.25, 0.3) is 11.1 Å². The van der Waals surface area contributed by atoms with E-state index in [0.717, 1.165) is 36.2 Å². The largest absolute Gasteiger partial charge is 0.378 e. The first-order valence-corrected chi connectivity index (χ1v) is 12.0. The summed E-state index contributed by atoms with van der Waals surface area (Å²) >= 11 is 0. The van der Waals surface area contributed by atoms with Crippen molar-refractivity contribution in [2.45, 2.75) is 39.3 Å². The van der Waals surface area contributed by atoms with E-state index in [2.05, 4.69) is 104 Å². The van der Waals surface area contributed by atoms with Crippen LogP contribution >= 0.6 is 0 Å². The van der Waals surface area contributed by atoms with Gasteiger partial charge >= 0.3 is 0 Å². The Kier molecular flexibility index (Phi) is 9.25. The molecule has 0 bridgehead atoms. The molecule has 0 heterocycles. The molecule has 0 aliphatic rings. The Hall–Kier alpha value is -3.15. The van der Waals surface area contributed by atoms with E-state index in [1.165, 1.54) is 16.8 Å². The Balaban J connectivity index is 1.64. The third-order valence-corrected chi connectivity index (χ3v) is 5.99. The van der Waals surface area contributed by atoms with Crippen molar-refractivity contribution < 1.29 is 4.79 Å². The first kappa shape index (κ1) is 25.5. The molecule has 180 valence electrons. The van der Waals surface area contributed by atoms with Crippen LogP contribution in [-0.2, 0) is 17.9 Å². The third kappa shape index (κ3) is 7.17. The molecule has 0 unspecified atom stereocenters. The highest BCUT2D eigenvalue weighted by atomic mass is 16.1. The second kappa shape index (κ2) is 12.4. The van der Waals surface area contributed by atoms with Gasteiger partial charge in [-0.05, 0) is 52.3 Å². The second-order valence-corrected chi connectivity index (χ2v) is 9.41. The molecule has 0 saturated heterocycles. The Morgan fingerprint density at radius 3 is 2.06 bits per heavy atom. The van der Waals surface area contributed by atoms with Crippen molar-refractivity contribution in [1.82, 2.24) is 10.6 Å². The molecule has 0 aliphatic carbocycles. The Labute approximate surface area is 204 Å². The molecule has 0 saturated carbocycles. The number of carbonyl (C=O) groups is 1. The summed E-state index contributed by atoms with van der Waals surface area (Å²) in [6.45, 7) is 6.07. The number of nitrogens with one attached hydrogen (secondary N) is 2. The molecule has 5 heteroatoms. The van der Waals surface area contributed by atoms with Gasteiger partial charge in [-0.15, -0.1) is 0 Å². The SMILES string of the molecule is CC(C)C[C@@H](C(=O)NCN)c1cccc(-c2ccc(CNCc3ccc(N(C)C)cc3)cc2)c1. The van der Waals surface area contributed by atoms with Crippen LogP contribution in [0.15, 0.2) is 72.8 Å². The average molecular weight is 459 g/mol. The number of carbonyl (C=O) groups excluding carboxylic acids is 1. The second-order valence-electron chi connectivity index (χ2n) is 9.41. The van der Waals surface area contributed by atoms with Crippen molar-refractivity contribution in [1.29, 1.82) is 0 Å². The number of benzene rings is 3. The first-order valence-electron chi connectivity index (χ1n) is 12.0. The zero-order valence-electron chi connectivity index (χ0n) is 20.8. The van der Waals surface area contributed by atoms with Crippen molar-refractivity contribution in [2.75, 3.05) is 25.7 Å². The van der Waals surface area contributed by atoms with E-state index in [-0.39, 0.29) is 18.5 Å². The van der Waals surface area contributed by atoms with E-state index >= 15 is 0 Å². The van der Waals surface area contributed by atoms with Crippen LogP contribution in [0.5, 0.6) is 0 Å². The molecule has 3 aromatic rings. The predicted octanol–water partition coefficient (Wildman–Crippen LogP) is 4.87. The first-order chi connectivity index (χ1) is 16.4. The van der Waals surface area contributed by atoms with Crippen molar-refractivity contribution >= 4 is 11.6 Å². The summed E-state index contributed by atoms with van der Waals surface area (Å²) in [5, 5.41) is 6.31. The molecule has 0 fully saturated rings. The van der Waals surface area contributed by atoms with E-state index < -0.39 is 0 Å². The van der Waals surface area contributed by atoms with Crippen LogP contribution in [0.1, 0.15) is 42.9 Å². The summed E-state index contributed by atoms with van der Waals surface area (Å²) in [7, 11) is 4.10. The number of rotatable bonds is 11.